The van der Waals surface area contributed by atoms with E-state index >= 15 is 0 Å². The number of phenols is 1. The van der Waals surface area contributed by atoms with E-state index in [1.54, 1.807) is 18.2 Å². The zero-order chi connectivity index (χ0) is 18.1. The third-order valence-corrected chi connectivity index (χ3v) is 5.63. The normalized spacial score (nSPS) is 11.2. The molecule has 0 aliphatic heterocycles. The Morgan fingerprint density at radius 2 is 1.88 bits per heavy atom. The minimum absolute atomic E-state index is 0.159. The van der Waals surface area contributed by atoms with Crippen molar-refractivity contribution in [3.8, 4) is 5.75 Å². The van der Waals surface area contributed by atoms with Gasteiger partial charge in [-0.25, -0.2) is 4.39 Å². The van der Waals surface area contributed by atoms with Crippen molar-refractivity contribution in [1.82, 2.24) is 0 Å². The minimum atomic E-state index is -0.403. The zero-order valence-electron chi connectivity index (χ0n) is 13.4. The van der Waals surface area contributed by atoms with Gasteiger partial charge in [-0.05, 0) is 81.9 Å². The Morgan fingerprint density at radius 3 is 2.52 bits per heavy atom. The number of rotatable bonds is 5. The molecule has 0 amide bonds. The van der Waals surface area contributed by atoms with E-state index < -0.39 is 5.82 Å². The number of unbranched alkanes of at least 4 members (excludes halogenated alkanes) is 1. The fourth-order valence-corrected chi connectivity index (χ4v) is 4.49. The van der Waals surface area contributed by atoms with E-state index in [1.165, 1.54) is 12.1 Å². The van der Waals surface area contributed by atoms with Crippen molar-refractivity contribution >= 4 is 61.9 Å². The van der Waals surface area contributed by atoms with Crippen LogP contribution in [0.25, 0.3) is 11.0 Å². The second-order valence-corrected chi connectivity index (χ2v) is 8.09. The largest absolute Gasteiger partial charge is 0.506 e. The molecular formula is C19H15FI2O3. The lowest BCUT2D eigenvalue weighted by molar-refractivity contribution is 0.103. The molecule has 1 N–H and O–H groups in total. The average molecular weight is 564 g/mol. The van der Waals surface area contributed by atoms with Crippen LogP contribution in [0, 0.1) is 13.0 Å². The van der Waals surface area contributed by atoms with Gasteiger partial charge in [0.15, 0.2) is 5.78 Å². The van der Waals surface area contributed by atoms with Crippen LogP contribution in [0.5, 0.6) is 5.75 Å². The summed E-state index contributed by atoms with van der Waals surface area (Å²) in [5.41, 5.74) is 1.38. The number of halogens is 3. The van der Waals surface area contributed by atoms with Gasteiger partial charge in [-0.2, -0.15) is 0 Å². The summed E-state index contributed by atoms with van der Waals surface area (Å²) in [4.78, 5) is 13.2. The van der Waals surface area contributed by atoms with Crippen molar-refractivity contribution in [2.75, 3.05) is 0 Å². The van der Waals surface area contributed by atoms with Gasteiger partial charge < -0.3 is 9.52 Å². The number of hydrogen-bond acceptors (Lipinski definition) is 3. The van der Waals surface area contributed by atoms with E-state index in [4.69, 9.17) is 4.42 Å². The Kier molecular flexibility index (Phi) is 5.67. The van der Waals surface area contributed by atoms with E-state index in [-0.39, 0.29) is 11.5 Å². The number of carbonyl (C=O) groups excluding carboxylic acids is 1. The molecule has 0 atom stereocenters. The molecule has 3 rings (SSSR count). The monoisotopic (exact) mass is 564 g/mol. The smallest absolute Gasteiger partial charge is 0.197 e. The van der Waals surface area contributed by atoms with E-state index in [0.717, 1.165) is 12.8 Å². The first kappa shape index (κ1) is 18.6. The molecule has 0 aliphatic carbocycles. The molecule has 0 saturated carbocycles. The van der Waals surface area contributed by atoms with Gasteiger partial charge in [-0.1, -0.05) is 13.3 Å². The molecular weight excluding hydrogens is 549 g/mol. The highest BCUT2D eigenvalue weighted by Crippen LogP contribution is 2.33. The molecule has 0 aliphatic rings. The number of furan rings is 1. The van der Waals surface area contributed by atoms with Crippen LogP contribution in [0.1, 0.15) is 41.4 Å². The Bertz CT molecular complexity index is 940. The maximum absolute atomic E-state index is 13.7. The van der Waals surface area contributed by atoms with Gasteiger partial charge in [0.05, 0.1) is 12.7 Å². The van der Waals surface area contributed by atoms with E-state index in [0.29, 0.717) is 41.4 Å². The van der Waals surface area contributed by atoms with Crippen LogP contribution in [-0.2, 0) is 6.42 Å². The number of hydrogen-bond donors (Lipinski definition) is 1. The lowest BCUT2D eigenvalue weighted by Gasteiger charge is -2.06. The Labute approximate surface area is 171 Å². The standard InChI is InChI=1S/C19H15FI2O3/c1-2-3-4-16-17(12-9-11(20)5-6-15(12)25-16)18(23)10-7-13(21)19(24)14(22)8-10/h5-9,24H,2-4H2,1H3. The molecule has 0 unspecified atom stereocenters. The number of ketones is 1. The summed E-state index contributed by atoms with van der Waals surface area (Å²) in [7, 11) is 0. The average Bonchev–Trinajstić information content (AvgIpc) is 2.94. The van der Waals surface area contributed by atoms with Gasteiger partial charge in [0.25, 0.3) is 0 Å². The fraction of sp³-hybridized carbons (Fsp3) is 0.211. The van der Waals surface area contributed by atoms with Gasteiger partial charge in [-0.15, -0.1) is 0 Å². The van der Waals surface area contributed by atoms with Crippen LogP contribution in [0.15, 0.2) is 34.7 Å². The van der Waals surface area contributed by atoms with Crippen molar-refractivity contribution < 1.29 is 18.7 Å². The van der Waals surface area contributed by atoms with Gasteiger partial charge in [-0.3, -0.25) is 4.79 Å². The van der Waals surface area contributed by atoms with Gasteiger partial charge in [0.2, 0.25) is 0 Å². The predicted octanol–water partition coefficient (Wildman–Crippen LogP) is 6.06. The van der Waals surface area contributed by atoms with Crippen LogP contribution in [0.2, 0.25) is 0 Å². The molecule has 1 heterocycles. The minimum Gasteiger partial charge on any atom is -0.506 e. The first-order valence-corrected chi connectivity index (χ1v) is 10.0. The van der Waals surface area contributed by atoms with E-state index in [9.17, 15) is 14.3 Å². The lowest BCUT2D eigenvalue weighted by Crippen LogP contribution is -2.05. The van der Waals surface area contributed by atoms with Crippen LogP contribution in [0.4, 0.5) is 4.39 Å². The number of benzene rings is 2. The lowest BCUT2D eigenvalue weighted by atomic mass is 9.98. The maximum atomic E-state index is 13.7. The summed E-state index contributed by atoms with van der Waals surface area (Å²) in [6.07, 6.45) is 2.47. The topological polar surface area (TPSA) is 50.4 Å². The highest BCUT2D eigenvalue weighted by Gasteiger charge is 2.23. The Balaban J connectivity index is 2.18. The van der Waals surface area contributed by atoms with Crippen molar-refractivity contribution in [2.24, 2.45) is 0 Å². The predicted molar refractivity (Wildman–Crippen MR) is 112 cm³/mol. The second kappa shape index (κ2) is 7.61. The number of aromatic hydroxyl groups is 1. The van der Waals surface area contributed by atoms with Crippen molar-refractivity contribution in [3.63, 3.8) is 0 Å². The molecule has 0 spiro atoms. The molecule has 0 bridgehead atoms. The first-order chi connectivity index (χ1) is 11.9. The highest BCUT2D eigenvalue weighted by atomic mass is 127. The van der Waals surface area contributed by atoms with Crippen molar-refractivity contribution in [1.29, 1.82) is 0 Å². The maximum Gasteiger partial charge on any atom is 0.197 e. The van der Waals surface area contributed by atoms with Gasteiger partial charge in [0, 0.05) is 17.4 Å². The van der Waals surface area contributed by atoms with E-state index in [2.05, 4.69) is 6.92 Å². The highest BCUT2D eigenvalue weighted by molar-refractivity contribution is 14.1. The number of aryl methyl sites for hydroxylation is 1. The van der Waals surface area contributed by atoms with Gasteiger partial charge >= 0.3 is 0 Å². The molecule has 6 heteroatoms. The Morgan fingerprint density at radius 1 is 1.20 bits per heavy atom. The summed E-state index contributed by atoms with van der Waals surface area (Å²) >= 11 is 3.98. The van der Waals surface area contributed by atoms with Crippen molar-refractivity contribution in [2.45, 2.75) is 26.2 Å². The second-order valence-electron chi connectivity index (χ2n) is 5.76. The number of carbonyl (C=O) groups is 1. The molecule has 130 valence electrons. The summed E-state index contributed by atoms with van der Waals surface area (Å²) in [6, 6.07) is 7.51. The molecule has 25 heavy (non-hydrogen) atoms. The third kappa shape index (κ3) is 3.69. The molecule has 1 aromatic heterocycles. The van der Waals surface area contributed by atoms with E-state index in [1.807, 2.05) is 45.2 Å². The SMILES string of the molecule is CCCCc1oc2ccc(F)cc2c1C(=O)c1cc(I)c(O)c(I)c1. The Hall–Kier alpha value is -1.16. The summed E-state index contributed by atoms with van der Waals surface area (Å²) in [6.45, 7) is 2.06. The van der Waals surface area contributed by atoms with Crippen LogP contribution >= 0.6 is 45.2 Å². The quantitative estimate of drug-likeness (QED) is 0.303. The first-order valence-electron chi connectivity index (χ1n) is 7.86. The molecule has 0 radical (unpaired) electrons. The van der Waals surface area contributed by atoms with Crippen molar-refractivity contribution in [3.05, 3.63) is 60.2 Å². The van der Waals surface area contributed by atoms with Crippen LogP contribution < -0.4 is 0 Å². The number of fused-ring (bicyclic) bond motifs is 1. The molecule has 3 aromatic rings. The molecule has 0 fully saturated rings. The summed E-state index contributed by atoms with van der Waals surface area (Å²) in [5, 5.41) is 10.4. The number of phenolic OH excluding ortho intramolecular Hbond substituents is 1. The van der Waals surface area contributed by atoms with Gasteiger partial charge in [0.1, 0.15) is 22.9 Å². The summed E-state index contributed by atoms with van der Waals surface area (Å²) < 4.78 is 20.8. The van der Waals surface area contributed by atoms with Crippen LogP contribution in [-0.4, -0.2) is 10.9 Å². The fourth-order valence-electron chi connectivity index (χ4n) is 2.72. The zero-order valence-corrected chi connectivity index (χ0v) is 17.7. The molecule has 3 nitrogen and oxygen atoms in total. The molecule has 2 aromatic carbocycles. The van der Waals surface area contributed by atoms with Crippen LogP contribution in [0.3, 0.4) is 0 Å². The molecule has 0 saturated heterocycles. The summed E-state index contributed by atoms with van der Waals surface area (Å²) in [5.74, 6) is 0.128. The third-order valence-electron chi connectivity index (χ3n) is 3.99.